The zero-order valence-corrected chi connectivity index (χ0v) is 13.9. The molecule has 116 valence electrons. The second-order valence-corrected chi connectivity index (χ2v) is 6.81. The third-order valence-electron chi connectivity index (χ3n) is 3.93. The quantitative estimate of drug-likeness (QED) is 0.658. The molecule has 2 heterocycles. The first kappa shape index (κ1) is 15.1. The third-order valence-corrected chi connectivity index (χ3v) is 4.82. The van der Waals surface area contributed by atoms with E-state index in [0.717, 1.165) is 36.6 Å². The van der Waals surface area contributed by atoms with Crippen molar-refractivity contribution in [3.63, 3.8) is 0 Å². The molecule has 2 aromatic rings. The lowest BCUT2D eigenvalue weighted by molar-refractivity contribution is 0.414. The Bertz CT molecular complexity index is 649. The van der Waals surface area contributed by atoms with Crippen LogP contribution in [0.25, 0.3) is 0 Å². The van der Waals surface area contributed by atoms with E-state index in [1.165, 1.54) is 11.3 Å². The lowest BCUT2D eigenvalue weighted by Crippen LogP contribution is -2.30. The zero-order chi connectivity index (χ0) is 15.5. The van der Waals surface area contributed by atoms with Gasteiger partial charge in [0.05, 0.1) is 4.88 Å². The highest BCUT2D eigenvalue weighted by Gasteiger charge is 2.19. The van der Waals surface area contributed by atoms with Gasteiger partial charge in [0.2, 0.25) is 0 Å². The van der Waals surface area contributed by atoms with Crippen molar-refractivity contribution in [2.45, 2.75) is 6.42 Å². The minimum Gasteiger partial charge on any atom is -0.370 e. The standard InChI is InChI=1S/C17H22N4S/c1-20(2)9-10-21-8-7-13-5-6-14(12-15(13)21)19-17(18)16-4-3-11-22-16/h3-6,11-12H,7-10H2,1-2H3,(H2,18,19). The zero-order valence-electron chi connectivity index (χ0n) is 13.1. The van der Waals surface area contributed by atoms with Gasteiger partial charge in [0.1, 0.15) is 5.84 Å². The Balaban J connectivity index is 1.73. The van der Waals surface area contributed by atoms with E-state index in [2.05, 4.69) is 47.4 Å². The van der Waals surface area contributed by atoms with Crippen molar-refractivity contribution in [2.24, 2.45) is 0 Å². The molecule has 0 saturated heterocycles. The number of fused-ring (bicyclic) bond motifs is 1. The first-order valence-corrected chi connectivity index (χ1v) is 8.43. The van der Waals surface area contributed by atoms with Crippen molar-refractivity contribution in [1.29, 1.82) is 5.41 Å². The average Bonchev–Trinajstić information content (AvgIpc) is 3.14. The number of amidine groups is 1. The van der Waals surface area contributed by atoms with Crippen molar-refractivity contribution in [2.75, 3.05) is 43.9 Å². The van der Waals surface area contributed by atoms with Gasteiger partial charge in [-0.05, 0) is 49.7 Å². The second-order valence-electron chi connectivity index (χ2n) is 5.86. The van der Waals surface area contributed by atoms with E-state index in [1.807, 2.05) is 17.5 Å². The molecule has 0 amide bonds. The Morgan fingerprint density at radius 3 is 2.95 bits per heavy atom. The summed E-state index contributed by atoms with van der Waals surface area (Å²) in [7, 11) is 4.22. The van der Waals surface area contributed by atoms with E-state index < -0.39 is 0 Å². The monoisotopic (exact) mass is 314 g/mol. The smallest absolute Gasteiger partial charge is 0.140 e. The second kappa shape index (κ2) is 6.50. The molecule has 1 aromatic carbocycles. The lowest BCUT2D eigenvalue weighted by Gasteiger charge is -2.22. The molecule has 3 rings (SSSR count). The van der Waals surface area contributed by atoms with Crippen LogP contribution >= 0.6 is 11.3 Å². The molecular formula is C17H22N4S. The largest absolute Gasteiger partial charge is 0.370 e. The highest BCUT2D eigenvalue weighted by atomic mass is 32.1. The van der Waals surface area contributed by atoms with E-state index in [-0.39, 0.29) is 0 Å². The molecule has 2 N–H and O–H groups in total. The number of nitrogens with zero attached hydrogens (tertiary/aromatic N) is 2. The normalized spacial score (nSPS) is 13.5. The van der Waals surface area contributed by atoms with Gasteiger partial charge >= 0.3 is 0 Å². The molecule has 0 spiro atoms. The number of hydrogen-bond acceptors (Lipinski definition) is 4. The van der Waals surface area contributed by atoms with Crippen LogP contribution in [0.4, 0.5) is 11.4 Å². The van der Waals surface area contributed by atoms with Crippen molar-refractivity contribution >= 4 is 28.5 Å². The maximum atomic E-state index is 8.15. The average molecular weight is 314 g/mol. The third kappa shape index (κ3) is 3.31. The minimum absolute atomic E-state index is 0.466. The van der Waals surface area contributed by atoms with Crippen molar-refractivity contribution in [3.05, 3.63) is 46.2 Å². The summed E-state index contributed by atoms with van der Waals surface area (Å²) in [6, 6.07) is 10.4. The molecule has 0 unspecified atom stereocenters. The fourth-order valence-electron chi connectivity index (χ4n) is 2.70. The van der Waals surface area contributed by atoms with Gasteiger partial charge in [-0.1, -0.05) is 12.1 Å². The van der Waals surface area contributed by atoms with Crippen LogP contribution in [-0.2, 0) is 6.42 Å². The summed E-state index contributed by atoms with van der Waals surface area (Å²) in [4.78, 5) is 5.62. The Kier molecular flexibility index (Phi) is 4.45. The number of rotatable bonds is 5. The molecule has 1 aliphatic rings. The van der Waals surface area contributed by atoms with Crippen LogP contribution in [0.15, 0.2) is 35.7 Å². The molecular weight excluding hydrogens is 292 g/mol. The number of thiophene rings is 1. The fourth-order valence-corrected chi connectivity index (χ4v) is 3.33. The minimum atomic E-state index is 0.466. The van der Waals surface area contributed by atoms with Crippen LogP contribution in [0.3, 0.4) is 0 Å². The van der Waals surface area contributed by atoms with E-state index in [4.69, 9.17) is 5.41 Å². The summed E-state index contributed by atoms with van der Waals surface area (Å²) in [5.74, 6) is 0.466. The van der Waals surface area contributed by atoms with Crippen LogP contribution in [-0.4, -0.2) is 44.5 Å². The van der Waals surface area contributed by atoms with Gasteiger partial charge < -0.3 is 15.1 Å². The van der Waals surface area contributed by atoms with Crippen LogP contribution in [0.5, 0.6) is 0 Å². The fraction of sp³-hybridized carbons (Fsp3) is 0.353. The van der Waals surface area contributed by atoms with Crippen LogP contribution in [0.2, 0.25) is 0 Å². The molecule has 0 radical (unpaired) electrons. The Labute approximate surface area is 135 Å². The summed E-state index contributed by atoms with van der Waals surface area (Å²) in [5, 5.41) is 13.4. The molecule has 1 aliphatic heterocycles. The van der Waals surface area contributed by atoms with Crippen LogP contribution < -0.4 is 10.2 Å². The number of anilines is 2. The molecule has 0 saturated carbocycles. The molecule has 0 atom stereocenters. The van der Waals surface area contributed by atoms with Crippen molar-refractivity contribution < 1.29 is 0 Å². The number of hydrogen-bond donors (Lipinski definition) is 2. The first-order valence-electron chi connectivity index (χ1n) is 7.55. The maximum absolute atomic E-state index is 8.15. The molecule has 22 heavy (non-hydrogen) atoms. The Morgan fingerprint density at radius 2 is 2.23 bits per heavy atom. The summed E-state index contributed by atoms with van der Waals surface area (Å²) >= 11 is 1.58. The van der Waals surface area contributed by atoms with Gasteiger partial charge in [-0.25, -0.2) is 0 Å². The van der Waals surface area contributed by atoms with Gasteiger partial charge in [0.25, 0.3) is 0 Å². The van der Waals surface area contributed by atoms with E-state index in [1.54, 1.807) is 11.3 Å². The predicted octanol–water partition coefficient (Wildman–Crippen LogP) is 3.11. The van der Waals surface area contributed by atoms with Crippen LogP contribution in [0, 0.1) is 5.41 Å². The van der Waals surface area contributed by atoms with Gasteiger partial charge in [-0.3, -0.25) is 5.41 Å². The Hall–Kier alpha value is -1.85. The van der Waals surface area contributed by atoms with E-state index in [9.17, 15) is 0 Å². The first-order chi connectivity index (χ1) is 10.6. The number of likely N-dealkylation sites (N-methyl/N-ethyl adjacent to an activating group) is 1. The highest BCUT2D eigenvalue weighted by Crippen LogP contribution is 2.30. The van der Waals surface area contributed by atoms with Gasteiger partial charge in [0.15, 0.2) is 0 Å². The summed E-state index contributed by atoms with van der Waals surface area (Å²) in [5.41, 5.74) is 3.71. The van der Waals surface area contributed by atoms with Gasteiger partial charge in [-0.2, -0.15) is 0 Å². The molecule has 0 fully saturated rings. The topological polar surface area (TPSA) is 42.4 Å². The maximum Gasteiger partial charge on any atom is 0.140 e. The van der Waals surface area contributed by atoms with Crippen LogP contribution in [0.1, 0.15) is 10.4 Å². The molecule has 0 bridgehead atoms. The number of benzene rings is 1. The Morgan fingerprint density at radius 1 is 1.36 bits per heavy atom. The molecule has 0 aliphatic carbocycles. The van der Waals surface area contributed by atoms with Crippen molar-refractivity contribution in [1.82, 2.24) is 4.90 Å². The molecule has 5 heteroatoms. The predicted molar refractivity (Wildman–Crippen MR) is 95.7 cm³/mol. The molecule has 1 aromatic heterocycles. The van der Waals surface area contributed by atoms with Gasteiger partial charge in [-0.15, -0.1) is 11.3 Å². The summed E-state index contributed by atoms with van der Waals surface area (Å²) in [6.07, 6.45) is 1.12. The summed E-state index contributed by atoms with van der Waals surface area (Å²) in [6.45, 7) is 3.20. The highest BCUT2D eigenvalue weighted by molar-refractivity contribution is 7.12. The van der Waals surface area contributed by atoms with E-state index in [0.29, 0.717) is 5.84 Å². The van der Waals surface area contributed by atoms with Crippen molar-refractivity contribution in [3.8, 4) is 0 Å². The lowest BCUT2D eigenvalue weighted by atomic mass is 10.1. The van der Waals surface area contributed by atoms with Gasteiger partial charge in [0, 0.05) is 31.0 Å². The summed E-state index contributed by atoms with van der Waals surface area (Å²) < 4.78 is 0. The number of nitrogens with one attached hydrogen (secondary N) is 2. The van der Waals surface area contributed by atoms with E-state index >= 15 is 0 Å². The SMILES string of the molecule is CN(C)CCN1CCc2ccc(NC(=N)c3cccs3)cc21. The molecule has 4 nitrogen and oxygen atoms in total.